The maximum Gasteiger partial charge on any atom is 0.173 e. The van der Waals surface area contributed by atoms with Crippen LogP contribution in [0.15, 0.2) is 22.7 Å². The summed E-state index contributed by atoms with van der Waals surface area (Å²) in [6, 6.07) is 5.54. The minimum absolute atomic E-state index is 0.0393. The molecule has 2 rings (SSSR count). The average Bonchev–Trinajstić information content (AvgIpc) is 2.20. The summed E-state index contributed by atoms with van der Waals surface area (Å²) >= 11 is 3.41. The van der Waals surface area contributed by atoms with Crippen molar-refractivity contribution in [3.05, 3.63) is 33.8 Å². The molecule has 0 fully saturated rings. The molecule has 0 amide bonds. The molecule has 0 heterocycles. The van der Waals surface area contributed by atoms with E-state index in [0.29, 0.717) is 12.0 Å². The van der Waals surface area contributed by atoms with E-state index in [9.17, 15) is 9.59 Å². The Morgan fingerprint density at radius 3 is 2.93 bits per heavy atom. The highest BCUT2D eigenvalue weighted by atomic mass is 79.9. The highest BCUT2D eigenvalue weighted by molar-refractivity contribution is 9.10. The van der Waals surface area contributed by atoms with Crippen LogP contribution in [-0.2, 0) is 11.2 Å². The van der Waals surface area contributed by atoms with Crippen LogP contribution in [0.4, 0.5) is 0 Å². The van der Waals surface area contributed by atoms with Crippen LogP contribution in [0.3, 0.4) is 0 Å². The third-order valence-corrected chi connectivity index (χ3v) is 3.33. The van der Waals surface area contributed by atoms with Crippen LogP contribution in [0, 0.1) is 5.92 Å². The van der Waals surface area contributed by atoms with Gasteiger partial charge in [0.05, 0.1) is 5.92 Å². The van der Waals surface area contributed by atoms with Crippen molar-refractivity contribution >= 4 is 28.0 Å². The first-order valence-corrected chi connectivity index (χ1v) is 5.30. The maximum atomic E-state index is 11.7. The molecule has 0 bridgehead atoms. The Hall–Kier alpha value is -0.960. The van der Waals surface area contributed by atoms with Gasteiger partial charge in [0.1, 0.15) is 6.29 Å². The molecular formula is C11H9BrO2. The van der Waals surface area contributed by atoms with Gasteiger partial charge in [-0.25, -0.2) is 0 Å². The molecule has 1 atom stereocenters. The molecule has 0 aromatic heterocycles. The van der Waals surface area contributed by atoms with E-state index in [1.54, 1.807) is 6.07 Å². The number of carbonyl (C=O) groups excluding carboxylic acids is 2. The van der Waals surface area contributed by atoms with Crippen molar-refractivity contribution in [2.24, 2.45) is 5.92 Å². The van der Waals surface area contributed by atoms with Gasteiger partial charge in [-0.1, -0.05) is 28.1 Å². The van der Waals surface area contributed by atoms with Gasteiger partial charge in [0.25, 0.3) is 0 Å². The van der Waals surface area contributed by atoms with E-state index in [1.165, 1.54) is 0 Å². The van der Waals surface area contributed by atoms with Crippen molar-refractivity contribution in [1.82, 2.24) is 0 Å². The smallest absolute Gasteiger partial charge is 0.173 e. The molecule has 0 saturated heterocycles. The quantitative estimate of drug-likeness (QED) is 0.568. The third kappa shape index (κ3) is 1.42. The normalized spacial score (nSPS) is 20.4. The lowest BCUT2D eigenvalue weighted by Gasteiger charge is -2.19. The zero-order chi connectivity index (χ0) is 10.1. The van der Waals surface area contributed by atoms with Gasteiger partial charge in [0.15, 0.2) is 5.78 Å². The highest BCUT2D eigenvalue weighted by Gasteiger charge is 2.27. The predicted molar refractivity (Wildman–Crippen MR) is 56.3 cm³/mol. The molecule has 14 heavy (non-hydrogen) atoms. The number of fused-ring (bicyclic) bond motifs is 1. The summed E-state index contributed by atoms with van der Waals surface area (Å²) < 4.78 is 0.965. The molecule has 1 aromatic rings. The number of Topliss-reactive ketones (excluding diaryl/α,β-unsaturated/α-hetero) is 1. The molecule has 2 nitrogen and oxygen atoms in total. The zero-order valence-electron chi connectivity index (χ0n) is 7.50. The van der Waals surface area contributed by atoms with Crippen molar-refractivity contribution < 1.29 is 9.59 Å². The Morgan fingerprint density at radius 2 is 2.21 bits per heavy atom. The molecule has 3 heteroatoms. The number of ketones is 1. The molecule has 0 radical (unpaired) electrons. The molecule has 1 unspecified atom stereocenters. The molecule has 0 N–H and O–H groups in total. The monoisotopic (exact) mass is 252 g/mol. The SMILES string of the molecule is O=CC1CCc2c(Br)cccc2C1=O. The first-order chi connectivity index (χ1) is 6.74. The minimum atomic E-state index is -0.434. The fourth-order valence-corrected chi connectivity index (χ4v) is 2.37. The van der Waals surface area contributed by atoms with Gasteiger partial charge in [-0.3, -0.25) is 4.79 Å². The maximum absolute atomic E-state index is 11.7. The van der Waals surface area contributed by atoms with E-state index in [0.717, 1.165) is 22.7 Å². The Labute approximate surface area is 90.4 Å². The van der Waals surface area contributed by atoms with Gasteiger partial charge < -0.3 is 4.79 Å². The number of hydrogen-bond donors (Lipinski definition) is 0. The van der Waals surface area contributed by atoms with Gasteiger partial charge in [-0.15, -0.1) is 0 Å². The number of hydrogen-bond acceptors (Lipinski definition) is 2. The number of halogens is 1. The standard InChI is InChI=1S/C11H9BrO2/c12-10-3-1-2-9-8(10)5-4-7(6-13)11(9)14/h1-3,6-7H,4-5H2. The fourth-order valence-electron chi connectivity index (χ4n) is 1.80. The van der Waals surface area contributed by atoms with Gasteiger partial charge in [0, 0.05) is 10.0 Å². The predicted octanol–water partition coefficient (Wildman–Crippen LogP) is 2.39. The van der Waals surface area contributed by atoms with Crippen molar-refractivity contribution in [1.29, 1.82) is 0 Å². The molecule has 0 saturated carbocycles. The van der Waals surface area contributed by atoms with Crippen molar-refractivity contribution in [2.75, 3.05) is 0 Å². The molecule has 1 aliphatic rings. The zero-order valence-corrected chi connectivity index (χ0v) is 9.08. The average molecular weight is 253 g/mol. The van der Waals surface area contributed by atoms with Crippen LogP contribution in [-0.4, -0.2) is 12.1 Å². The summed E-state index contributed by atoms with van der Waals surface area (Å²) in [5, 5.41) is 0. The highest BCUT2D eigenvalue weighted by Crippen LogP contribution is 2.29. The van der Waals surface area contributed by atoms with Crippen LogP contribution in [0.25, 0.3) is 0 Å². The Balaban J connectivity index is 2.51. The first kappa shape index (κ1) is 9.59. The lowest BCUT2D eigenvalue weighted by Crippen LogP contribution is -2.23. The summed E-state index contributed by atoms with van der Waals surface area (Å²) in [4.78, 5) is 22.4. The fraction of sp³-hybridized carbons (Fsp3) is 0.273. The van der Waals surface area contributed by atoms with E-state index in [-0.39, 0.29) is 5.78 Å². The summed E-state index contributed by atoms with van der Waals surface area (Å²) in [7, 11) is 0. The Morgan fingerprint density at radius 1 is 1.43 bits per heavy atom. The minimum Gasteiger partial charge on any atom is -0.303 e. The van der Waals surface area contributed by atoms with Gasteiger partial charge >= 0.3 is 0 Å². The summed E-state index contributed by atoms with van der Waals surface area (Å²) in [5.41, 5.74) is 1.73. The summed E-state index contributed by atoms with van der Waals surface area (Å²) in [6.07, 6.45) is 2.19. The Bertz CT molecular complexity index is 398. The van der Waals surface area contributed by atoms with Crippen molar-refractivity contribution in [3.8, 4) is 0 Å². The lowest BCUT2D eigenvalue weighted by atomic mass is 9.84. The van der Waals surface area contributed by atoms with Crippen LogP contribution < -0.4 is 0 Å². The van der Waals surface area contributed by atoms with Crippen LogP contribution in [0.2, 0.25) is 0 Å². The van der Waals surface area contributed by atoms with Gasteiger partial charge in [0.2, 0.25) is 0 Å². The van der Waals surface area contributed by atoms with Crippen molar-refractivity contribution in [3.63, 3.8) is 0 Å². The van der Waals surface area contributed by atoms with Crippen LogP contribution in [0.1, 0.15) is 22.3 Å². The van der Waals surface area contributed by atoms with E-state index in [1.807, 2.05) is 12.1 Å². The van der Waals surface area contributed by atoms with E-state index >= 15 is 0 Å². The molecule has 0 spiro atoms. The summed E-state index contributed by atoms with van der Waals surface area (Å²) in [6.45, 7) is 0. The second kappa shape index (κ2) is 3.65. The molecular weight excluding hydrogens is 244 g/mol. The number of benzene rings is 1. The van der Waals surface area contributed by atoms with Crippen LogP contribution in [0.5, 0.6) is 0 Å². The van der Waals surface area contributed by atoms with E-state index in [2.05, 4.69) is 15.9 Å². The second-order valence-corrected chi connectivity index (χ2v) is 4.27. The first-order valence-electron chi connectivity index (χ1n) is 4.51. The number of aldehydes is 1. The topological polar surface area (TPSA) is 34.1 Å². The van der Waals surface area contributed by atoms with E-state index in [4.69, 9.17) is 0 Å². The Kier molecular flexibility index (Phi) is 2.50. The van der Waals surface area contributed by atoms with E-state index < -0.39 is 5.92 Å². The molecule has 0 aliphatic heterocycles. The molecule has 1 aliphatic carbocycles. The second-order valence-electron chi connectivity index (χ2n) is 3.41. The number of rotatable bonds is 1. The molecule has 72 valence electrons. The van der Waals surface area contributed by atoms with Crippen LogP contribution >= 0.6 is 15.9 Å². The molecule has 1 aromatic carbocycles. The largest absolute Gasteiger partial charge is 0.303 e. The summed E-state index contributed by atoms with van der Waals surface area (Å²) in [5.74, 6) is -0.473. The lowest BCUT2D eigenvalue weighted by molar-refractivity contribution is -0.110. The van der Waals surface area contributed by atoms with Crippen molar-refractivity contribution in [2.45, 2.75) is 12.8 Å². The van der Waals surface area contributed by atoms with Gasteiger partial charge in [-0.2, -0.15) is 0 Å². The third-order valence-electron chi connectivity index (χ3n) is 2.59. The van der Waals surface area contributed by atoms with Gasteiger partial charge in [-0.05, 0) is 24.5 Å². The number of carbonyl (C=O) groups is 2.